The number of piperidine rings is 1. The minimum absolute atomic E-state index is 0.0379. The van der Waals surface area contributed by atoms with E-state index in [0.717, 1.165) is 16.7 Å². The van der Waals surface area contributed by atoms with Crippen molar-refractivity contribution in [2.24, 2.45) is 0 Å². The average Bonchev–Trinajstić information content (AvgIpc) is 3.58. The first-order chi connectivity index (χ1) is 22.0. The Morgan fingerprint density at radius 3 is 2.41 bits per heavy atom. The number of tetrazole rings is 1. The van der Waals surface area contributed by atoms with Gasteiger partial charge in [-0.15, -0.1) is 5.10 Å². The molecule has 1 fully saturated rings. The first-order valence-electron chi connectivity index (χ1n) is 15.2. The summed E-state index contributed by atoms with van der Waals surface area (Å²) in [5.74, 6) is -0.782. The Kier molecular flexibility index (Phi) is 10.0. The van der Waals surface area contributed by atoms with Crippen LogP contribution < -0.4 is 10.6 Å². The van der Waals surface area contributed by atoms with Crippen molar-refractivity contribution in [2.75, 3.05) is 6.54 Å². The SMILES string of the molecule is C[C@H](NC(=O)[C@H]1C[C@@H](c2ccc(-c3ccccc3)cc2)CCN1C(=O)OC(C)(C)C)C(=O)NCc1cc(Cl)ccc1-n1cnnn1. The smallest absolute Gasteiger partial charge is 0.410 e. The molecule has 0 aliphatic carbocycles. The summed E-state index contributed by atoms with van der Waals surface area (Å²) in [4.78, 5) is 41.6. The maximum absolute atomic E-state index is 13.8. The second kappa shape index (κ2) is 14.1. The molecule has 1 saturated heterocycles. The molecule has 11 nitrogen and oxygen atoms in total. The monoisotopic (exact) mass is 643 g/mol. The van der Waals surface area contributed by atoms with E-state index in [1.54, 1.807) is 45.9 Å². The second-order valence-electron chi connectivity index (χ2n) is 12.4. The normalized spacial score (nSPS) is 17.2. The Balaban J connectivity index is 1.28. The first kappa shape index (κ1) is 32.6. The van der Waals surface area contributed by atoms with Crippen molar-refractivity contribution in [1.82, 2.24) is 35.7 Å². The summed E-state index contributed by atoms with van der Waals surface area (Å²) in [5, 5.41) is 17.4. The predicted molar refractivity (Wildman–Crippen MR) is 174 cm³/mol. The van der Waals surface area contributed by atoms with E-state index in [2.05, 4.69) is 62.6 Å². The van der Waals surface area contributed by atoms with Gasteiger partial charge in [-0.3, -0.25) is 14.5 Å². The van der Waals surface area contributed by atoms with Crippen LogP contribution in [-0.2, 0) is 20.9 Å². The Morgan fingerprint density at radius 1 is 1.02 bits per heavy atom. The number of nitrogens with zero attached hydrogens (tertiary/aromatic N) is 5. The van der Waals surface area contributed by atoms with Gasteiger partial charge in [0.15, 0.2) is 0 Å². The fourth-order valence-corrected chi connectivity index (χ4v) is 5.73. The van der Waals surface area contributed by atoms with Crippen molar-refractivity contribution >= 4 is 29.5 Å². The molecule has 4 aromatic rings. The number of likely N-dealkylation sites (tertiary alicyclic amines) is 1. The fraction of sp³-hybridized carbons (Fsp3) is 0.353. The maximum Gasteiger partial charge on any atom is 0.410 e. The Labute approximate surface area is 273 Å². The molecular weight excluding hydrogens is 606 g/mol. The summed E-state index contributed by atoms with van der Waals surface area (Å²) in [7, 11) is 0. The number of ether oxygens (including phenoxy) is 1. The van der Waals surface area contributed by atoms with Crippen LogP contribution in [0.1, 0.15) is 57.6 Å². The van der Waals surface area contributed by atoms with Gasteiger partial charge in [0, 0.05) is 18.1 Å². The van der Waals surface area contributed by atoms with Crippen molar-refractivity contribution in [1.29, 1.82) is 0 Å². The molecular formula is C34H38ClN7O4. The zero-order chi connectivity index (χ0) is 32.8. The highest BCUT2D eigenvalue weighted by molar-refractivity contribution is 6.30. The first-order valence-corrected chi connectivity index (χ1v) is 15.6. The summed E-state index contributed by atoms with van der Waals surface area (Å²) in [6, 6.07) is 21.9. The maximum atomic E-state index is 13.8. The van der Waals surface area contributed by atoms with E-state index in [9.17, 15) is 14.4 Å². The minimum atomic E-state index is -0.880. The molecule has 1 aliphatic rings. The van der Waals surface area contributed by atoms with Crippen LogP contribution in [0.2, 0.25) is 5.02 Å². The van der Waals surface area contributed by atoms with Gasteiger partial charge in [-0.25, -0.2) is 9.48 Å². The van der Waals surface area contributed by atoms with Crippen molar-refractivity contribution in [3.8, 4) is 16.8 Å². The fourth-order valence-electron chi connectivity index (χ4n) is 5.54. The summed E-state index contributed by atoms with van der Waals surface area (Å²) >= 11 is 6.21. The van der Waals surface area contributed by atoms with Gasteiger partial charge >= 0.3 is 6.09 Å². The van der Waals surface area contributed by atoms with Crippen molar-refractivity contribution in [2.45, 2.75) is 70.7 Å². The zero-order valence-electron chi connectivity index (χ0n) is 26.3. The molecule has 0 radical (unpaired) electrons. The number of hydrogen-bond acceptors (Lipinski definition) is 7. The highest BCUT2D eigenvalue weighted by atomic mass is 35.5. The van der Waals surface area contributed by atoms with E-state index in [0.29, 0.717) is 35.7 Å². The molecule has 0 bridgehead atoms. The number of hydrogen-bond donors (Lipinski definition) is 2. The lowest BCUT2D eigenvalue weighted by atomic mass is 9.84. The third-order valence-electron chi connectivity index (χ3n) is 7.86. The molecule has 1 aliphatic heterocycles. The van der Waals surface area contributed by atoms with Crippen LogP contribution in [0.5, 0.6) is 0 Å². The number of amides is 3. The van der Waals surface area contributed by atoms with Crippen LogP contribution in [0.25, 0.3) is 16.8 Å². The molecule has 3 aromatic carbocycles. The highest BCUT2D eigenvalue weighted by Gasteiger charge is 2.39. The van der Waals surface area contributed by atoms with Crippen LogP contribution in [-0.4, -0.2) is 67.2 Å². The number of aromatic nitrogens is 4. The number of benzene rings is 3. The third-order valence-corrected chi connectivity index (χ3v) is 8.10. The van der Waals surface area contributed by atoms with Gasteiger partial charge in [0.25, 0.3) is 0 Å². The van der Waals surface area contributed by atoms with Crippen LogP contribution in [0, 0.1) is 0 Å². The molecule has 3 atom stereocenters. The number of carbonyl (C=O) groups is 3. The molecule has 5 rings (SSSR count). The molecule has 0 saturated carbocycles. The molecule has 1 aromatic heterocycles. The van der Waals surface area contributed by atoms with E-state index < -0.39 is 35.6 Å². The lowest BCUT2D eigenvalue weighted by Gasteiger charge is -2.39. The number of halogens is 1. The quantitative estimate of drug-likeness (QED) is 0.267. The lowest BCUT2D eigenvalue weighted by molar-refractivity contribution is -0.132. The molecule has 46 heavy (non-hydrogen) atoms. The molecule has 12 heteroatoms. The van der Waals surface area contributed by atoms with Crippen LogP contribution >= 0.6 is 11.6 Å². The van der Waals surface area contributed by atoms with Crippen LogP contribution in [0.3, 0.4) is 0 Å². The van der Waals surface area contributed by atoms with Gasteiger partial charge in [0.05, 0.1) is 5.69 Å². The van der Waals surface area contributed by atoms with E-state index in [4.69, 9.17) is 16.3 Å². The Morgan fingerprint density at radius 2 is 1.74 bits per heavy atom. The van der Waals surface area contributed by atoms with E-state index >= 15 is 0 Å². The van der Waals surface area contributed by atoms with Crippen LogP contribution in [0.4, 0.5) is 4.79 Å². The van der Waals surface area contributed by atoms with Crippen LogP contribution in [0.15, 0.2) is 79.1 Å². The van der Waals surface area contributed by atoms with Gasteiger partial charge < -0.3 is 15.4 Å². The lowest BCUT2D eigenvalue weighted by Crippen LogP contribution is -2.57. The van der Waals surface area contributed by atoms with E-state index in [1.165, 1.54) is 15.9 Å². The summed E-state index contributed by atoms with van der Waals surface area (Å²) in [6.45, 7) is 7.44. The van der Waals surface area contributed by atoms with Crippen molar-refractivity contribution in [3.63, 3.8) is 0 Å². The van der Waals surface area contributed by atoms with Gasteiger partial charge in [0.1, 0.15) is 24.0 Å². The Bertz CT molecular complexity index is 1660. The summed E-state index contributed by atoms with van der Waals surface area (Å²) < 4.78 is 7.13. The Hall–Kier alpha value is -4.77. The molecule has 2 heterocycles. The van der Waals surface area contributed by atoms with E-state index in [-0.39, 0.29) is 12.5 Å². The van der Waals surface area contributed by atoms with Gasteiger partial charge in [0.2, 0.25) is 11.8 Å². The van der Waals surface area contributed by atoms with Crippen molar-refractivity contribution < 1.29 is 19.1 Å². The topological polar surface area (TPSA) is 131 Å². The van der Waals surface area contributed by atoms with Gasteiger partial charge in [-0.1, -0.05) is 66.2 Å². The molecule has 3 amide bonds. The highest BCUT2D eigenvalue weighted by Crippen LogP contribution is 2.34. The van der Waals surface area contributed by atoms with Crippen molar-refractivity contribution in [3.05, 3.63) is 95.3 Å². The number of nitrogens with one attached hydrogen (secondary N) is 2. The van der Waals surface area contributed by atoms with E-state index in [1.807, 2.05) is 18.2 Å². The average molecular weight is 644 g/mol. The third kappa shape index (κ3) is 8.08. The number of rotatable bonds is 8. The second-order valence-corrected chi connectivity index (χ2v) is 12.8. The molecule has 2 N–H and O–H groups in total. The molecule has 0 spiro atoms. The van der Waals surface area contributed by atoms with Gasteiger partial charge in [-0.05, 0) is 97.3 Å². The standard InChI is InChI=1S/C34H38ClN7O4/c1-22(31(43)36-20-27-18-28(35)14-15-29(27)42-21-37-39-40-42)38-32(44)30-19-26(16-17-41(30)33(45)46-34(2,3)4)25-12-10-24(11-13-25)23-8-6-5-7-9-23/h5-15,18,21-22,26,30H,16-17,19-20H2,1-4H3,(H,36,43)(H,38,44)/t22-,26-,30+/m0/s1. The minimum Gasteiger partial charge on any atom is -0.444 e. The molecule has 240 valence electrons. The zero-order valence-corrected chi connectivity index (χ0v) is 27.1. The summed E-state index contributed by atoms with van der Waals surface area (Å²) in [6.07, 6.45) is 1.95. The molecule has 0 unspecified atom stereocenters. The summed E-state index contributed by atoms with van der Waals surface area (Å²) in [5.41, 5.74) is 3.94. The van der Waals surface area contributed by atoms with Gasteiger partial charge in [-0.2, -0.15) is 0 Å². The predicted octanol–water partition coefficient (Wildman–Crippen LogP) is 5.29. The largest absolute Gasteiger partial charge is 0.444 e. The number of carbonyl (C=O) groups excluding carboxylic acids is 3.